The van der Waals surface area contributed by atoms with Crippen molar-refractivity contribution in [3.63, 3.8) is 0 Å². The predicted octanol–water partition coefficient (Wildman–Crippen LogP) is 3.08. The zero-order valence-electron chi connectivity index (χ0n) is 13.2. The standard InChI is InChI=1S/C17H32N2O/c1-12-6-8-14(9-7-12)10-11-19-17(20)16-13(2)4-3-5-15(16)18/h12-16H,3-11,18H2,1-2H3,(H,19,20). The van der Waals surface area contributed by atoms with Crippen molar-refractivity contribution in [2.45, 2.75) is 71.3 Å². The van der Waals surface area contributed by atoms with Gasteiger partial charge in [0.05, 0.1) is 5.92 Å². The van der Waals surface area contributed by atoms with Crippen molar-refractivity contribution in [1.29, 1.82) is 0 Å². The molecule has 3 unspecified atom stereocenters. The van der Waals surface area contributed by atoms with E-state index in [1.165, 1.54) is 32.1 Å². The fourth-order valence-corrected chi connectivity index (χ4v) is 4.04. The van der Waals surface area contributed by atoms with Crippen molar-refractivity contribution in [2.75, 3.05) is 6.54 Å². The summed E-state index contributed by atoms with van der Waals surface area (Å²) in [5.41, 5.74) is 6.14. The minimum absolute atomic E-state index is 0.0372. The van der Waals surface area contributed by atoms with Crippen LogP contribution >= 0.6 is 0 Å². The Labute approximate surface area is 124 Å². The Morgan fingerprint density at radius 2 is 1.80 bits per heavy atom. The SMILES string of the molecule is CC1CCC(CCNC(=O)C2C(C)CCCC2N)CC1. The van der Waals surface area contributed by atoms with Gasteiger partial charge in [-0.25, -0.2) is 0 Å². The number of hydrogen-bond donors (Lipinski definition) is 2. The molecule has 0 aromatic carbocycles. The molecule has 2 saturated carbocycles. The van der Waals surface area contributed by atoms with Crippen LogP contribution in [0.5, 0.6) is 0 Å². The lowest BCUT2D eigenvalue weighted by atomic mass is 9.76. The Morgan fingerprint density at radius 1 is 1.10 bits per heavy atom. The van der Waals surface area contributed by atoms with E-state index in [-0.39, 0.29) is 17.9 Å². The third-order valence-corrected chi connectivity index (χ3v) is 5.56. The van der Waals surface area contributed by atoms with Crippen molar-refractivity contribution in [2.24, 2.45) is 29.4 Å². The average molecular weight is 280 g/mol. The van der Waals surface area contributed by atoms with E-state index in [4.69, 9.17) is 5.73 Å². The van der Waals surface area contributed by atoms with Crippen LogP contribution in [0.4, 0.5) is 0 Å². The zero-order chi connectivity index (χ0) is 14.5. The minimum Gasteiger partial charge on any atom is -0.356 e. The van der Waals surface area contributed by atoms with Crippen molar-refractivity contribution < 1.29 is 4.79 Å². The summed E-state index contributed by atoms with van der Waals surface area (Å²) in [7, 11) is 0. The van der Waals surface area contributed by atoms with E-state index < -0.39 is 0 Å². The monoisotopic (exact) mass is 280 g/mol. The first-order valence-corrected chi connectivity index (χ1v) is 8.61. The van der Waals surface area contributed by atoms with Gasteiger partial charge >= 0.3 is 0 Å². The molecule has 2 aliphatic carbocycles. The van der Waals surface area contributed by atoms with Crippen LogP contribution in [0.1, 0.15) is 65.2 Å². The highest BCUT2D eigenvalue weighted by Crippen LogP contribution is 2.31. The molecule has 2 fully saturated rings. The maximum absolute atomic E-state index is 12.3. The van der Waals surface area contributed by atoms with Crippen molar-refractivity contribution in [3.05, 3.63) is 0 Å². The highest BCUT2D eigenvalue weighted by atomic mass is 16.1. The van der Waals surface area contributed by atoms with Gasteiger partial charge in [-0.2, -0.15) is 0 Å². The number of carbonyl (C=O) groups excluding carboxylic acids is 1. The van der Waals surface area contributed by atoms with E-state index in [0.29, 0.717) is 5.92 Å². The third kappa shape index (κ3) is 4.21. The summed E-state index contributed by atoms with van der Waals surface area (Å²) < 4.78 is 0. The number of carbonyl (C=O) groups is 1. The molecule has 3 N–H and O–H groups in total. The van der Waals surface area contributed by atoms with E-state index in [1.807, 2.05) is 0 Å². The second-order valence-corrected chi connectivity index (χ2v) is 7.30. The number of nitrogens with one attached hydrogen (secondary N) is 1. The lowest BCUT2D eigenvalue weighted by molar-refractivity contribution is -0.128. The van der Waals surface area contributed by atoms with E-state index in [1.54, 1.807) is 0 Å². The first-order valence-electron chi connectivity index (χ1n) is 8.61. The van der Waals surface area contributed by atoms with Gasteiger partial charge in [-0.1, -0.05) is 46.0 Å². The molecule has 3 heteroatoms. The van der Waals surface area contributed by atoms with Gasteiger partial charge in [0.25, 0.3) is 0 Å². The molecule has 1 amide bonds. The van der Waals surface area contributed by atoms with Crippen LogP contribution in [0.15, 0.2) is 0 Å². The van der Waals surface area contributed by atoms with Gasteiger partial charge < -0.3 is 11.1 Å². The summed E-state index contributed by atoms with van der Waals surface area (Å²) in [6.45, 7) is 5.36. The Morgan fingerprint density at radius 3 is 2.45 bits per heavy atom. The highest BCUT2D eigenvalue weighted by molar-refractivity contribution is 5.79. The molecule has 116 valence electrons. The van der Waals surface area contributed by atoms with Crippen LogP contribution < -0.4 is 11.1 Å². The molecule has 2 aliphatic rings. The van der Waals surface area contributed by atoms with Crippen LogP contribution in [-0.4, -0.2) is 18.5 Å². The van der Waals surface area contributed by atoms with Gasteiger partial charge in [0.1, 0.15) is 0 Å². The maximum Gasteiger partial charge on any atom is 0.224 e. The number of nitrogens with two attached hydrogens (primary N) is 1. The molecule has 0 radical (unpaired) electrons. The largest absolute Gasteiger partial charge is 0.356 e. The van der Waals surface area contributed by atoms with E-state index in [0.717, 1.165) is 37.6 Å². The topological polar surface area (TPSA) is 55.1 Å². The normalized spacial score (nSPS) is 38.5. The van der Waals surface area contributed by atoms with Crippen LogP contribution in [0.2, 0.25) is 0 Å². The van der Waals surface area contributed by atoms with Crippen molar-refractivity contribution in [1.82, 2.24) is 5.32 Å². The summed E-state index contributed by atoms with van der Waals surface area (Å²) in [6.07, 6.45) is 9.88. The summed E-state index contributed by atoms with van der Waals surface area (Å²) in [5, 5.41) is 3.15. The van der Waals surface area contributed by atoms with Gasteiger partial charge in [-0.05, 0) is 37.0 Å². The number of rotatable bonds is 4. The molecule has 0 spiro atoms. The molecule has 0 bridgehead atoms. The van der Waals surface area contributed by atoms with Crippen molar-refractivity contribution >= 4 is 5.91 Å². The molecule has 0 aromatic heterocycles. The van der Waals surface area contributed by atoms with E-state index in [9.17, 15) is 4.79 Å². The molecular formula is C17H32N2O. The molecule has 0 saturated heterocycles. The Balaban J connectivity index is 1.69. The predicted molar refractivity (Wildman–Crippen MR) is 83.2 cm³/mol. The maximum atomic E-state index is 12.3. The van der Waals surface area contributed by atoms with Crippen molar-refractivity contribution in [3.8, 4) is 0 Å². The molecule has 0 aliphatic heterocycles. The minimum atomic E-state index is 0.0372. The fraction of sp³-hybridized carbons (Fsp3) is 0.941. The van der Waals surface area contributed by atoms with Gasteiger partial charge in [0.15, 0.2) is 0 Å². The van der Waals surface area contributed by atoms with Gasteiger partial charge in [0, 0.05) is 12.6 Å². The quantitative estimate of drug-likeness (QED) is 0.831. The molecule has 0 aromatic rings. The van der Waals surface area contributed by atoms with Crippen LogP contribution in [-0.2, 0) is 4.79 Å². The van der Waals surface area contributed by atoms with Crippen LogP contribution in [0, 0.1) is 23.7 Å². The molecule has 2 rings (SSSR count). The average Bonchev–Trinajstić information content (AvgIpc) is 2.41. The van der Waals surface area contributed by atoms with Crippen LogP contribution in [0.25, 0.3) is 0 Å². The fourth-order valence-electron chi connectivity index (χ4n) is 4.04. The number of amides is 1. The lowest BCUT2D eigenvalue weighted by Gasteiger charge is -2.33. The smallest absolute Gasteiger partial charge is 0.224 e. The Hall–Kier alpha value is -0.570. The summed E-state index contributed by atoms with van der Waals surface area (Å²) >= 11 is 0. The summed E-state index contributed by atoms with van der Waals surface area (Å²) in [6, 6.07) is 0.0641. The molecular weight excluding hydrogens is 248 g/mol. The molecule has 20 heavy (non-hydrogen) atoms. The van der Waals surface area contributed by atoms with Crippen LogP contribution in [0.3, 0.4) is 0 Å². The third-order valence-electron chi connectivity index (χ3n) is 5.56. The number of hydrogen-bond acceptors (Lipinski definition) is 2. The second kappa shape index (κ2) is 7.44. The van der Waals surface area contributed by atoms with E-state index in [2.05, 4.69) is 19.2 Å². The first-order chi connectivity index (χ1) is 9.58. The highest BCUT2D eigenvalue weighted by Gasteiger charge is 2.33. The lowest BCUT2D eigenvalue weighted by Crippen LogP contribution is -2.47. The van der Waals surface area contributed by atoms with Gasteiger partial charge in [0.2, 0.25) is 5.91 Å². The first kappa shape index (κ1) is 15.8. The van der Waals surface area contributed by atoms with E-state index >= 15 is 0 Å². The second-order valence-electron chi connectivity index (χ2n) is 7.30. The van der Waals surface area contributed by atoms with Gasteiger partial charge in [-0.3, -0.25) is 4.79 Å². The van der Waals surface area contributed by atoms with Gasteiger partial charge in [-0.15, -0.1) is 0 Å². The Kier molecular flexibility index (Phi) is 5.88. The Bertz CT molecular complexity index is 300. The molecule has 3 nitrogen and oxygen atoms in total. The molecule has 0 heterocycles. The zero-order valence-corrected chi connectivity index (χ0v) is 13.2. The molecule has 3 atom stereocenters. The summed E-state index contributed by atoms with van der Waals surface area (Å²) in [5.74, 6) is 2.41. The summed E-state index contributed by atoms with van der Waals surface area (Å²) in [4.78, 5) is 12.3.